The van der Waals surface area contributed by atoms with Crippen molar-refractivity contribution in [3.05, 3.63) is 41.7 Å². The molecule has 0 spiro atoms. The highest BCUT2D eigenvalue weighted by molar-refractivity contribution is 6.10. The molecule has 0 bridgehead atoms. The first-order chi connectivity index (χ1) is 14.0. The van der Waals surface area contributed by atoms with Crippen LogP contribution in [0.5, 0.6) is 5.88 Å². The summed E-state index contributed by atoms with van der Waals surface area (Å²) in [5, 5.41) is 0. The lowest BCUT2D eigenvalue weighted by molar-refractivity contribution is -0.119. The molecule has 1 aliphatic carbocycles. The van der Waals surface area contributed by atoms with Crippen molar-refractivity contribution < 1.29 is 14.3 Å². The lowest BCUT2D eigenvalue weighted by Gasteiger charge is -2.28. The number of hydrogen-bond donors (Lipinski definition) is 2. The molecule has 1 aromatic heterocycles. The van der Waals surface area contributed by atoms with E-state index in [4.69, 9.17) is 16.2 Å². The number of nitrogens with zero attached hydrogens (tertiary/aromatic N) is 3. The first-order valence-corrected chi connectivity index (χ1v) is 9.96. The van der Waals surface area contributed by atoms with Gasteiger partial charge >= 0.3 is 0 Å². The molecule has 2 aliphatic rings. The van der Waals surface area contributed by atoms with Crippen LogP contribution in [0.4, 0.5) is 11.5 Å². The van der Waals surface area contributed by atoms with Gasteiger partial charge in [0, 0.05) is 12.1 Å². The fraction of sp³-hybridized carbons (Fsp3) is 0.429. The molecule has 2 amide bonds. The molecule has 2 heterocycles. The Morgan fingerprint density at radius 1 is 1.14 bits per heavy atom. The third kappa shape index (κ3) is 4.01. The Morgan fingerprint density at radius 3 is 2.55 bits per heavy atom. The van der Waals surface area contributed by atoms with Crippen molar-refractivity contribution in [1.29, 1.82) is 0 Å². The summed E-state index contributed by atoms with van der Waals surface area (Å²) >= 11 is 0. The summed E-state index contributed by atoms with van der Waals surface area (Å²) in [6.07, 6.45) is 5.92. The van der Waals surface area contributed by atoms with Gasteiger partial charge in [-0.2, -0.15) is 0 Å². The molecule has 1 fully saturated rings. The number of nitrogens with two attached hydrogens (primary N) is 2. The zero-order chi connectivity index (χ0) is 20.4. The first-order valence-electron chi connectivity index (χ1n) is 9.96. The Morgan fingerprint density at radius 2 is 1.86 bits per heavy atom. The summed E-state index contributed by atoms with van der Waals surface area (Å²) in [6.45, 7) is 0.743. The number of anilines is 2. The average Bonchev–Trinajstić information content (AvgIpc) is 2.88. The molecule has 4 N–H and O–H groups in total. The topological polar surface area (TPSA) is 124 Å². The Balaban J connectivity index is 1.48. The monoisotopic (exact) mass is 395 g/mol. The normalized spacial score (nSPS) is 21.8. The fourth-order valence-electron chi connectivity index (χ4n) is 4.32. The van der Waals surface area contributed by atoms with Crippen molar-refractivity contribution in [3.8, 4) is 5.88 Å². The van der Waals surface area contributed by atoms with Crippen molar-refractivity contribution in [2.75, 3.05) is 23.8 Å². The standard InChI is InChI=1S/C21H25N5O3/c22-17(27)11-13-1-3-14(4-2-13)15-5-7-16(8-6-15)26-9-10-29-20-18(21(26)28)19(23)24-12-25-20/h5-8,12-14H,1-4,9-11H2,(H2,22,27)(H2,23,24,25)/t13-,14-. The van der Waals surface area contributed by atoms with Gasteiger partial charge in [-0.3, -0.25) is 9.59 Å². The molecule has 4 rings (SSSR count). The van der Waals surface area contributed by atoms with Crippen LogP contribution in [0.3, 0.4) is 0 Å². The van der Waals surface area contributed by atoms with Crippen LogP contribution in [0, 0.1) is 5.92 Å². The number of aromatic nitrogens is 2. The summed E-state index contributed by atoms with van der Waals surface area (Å²) < 4.78 is 5.58. The highest BCUT2D eigenvalue weighted by Crippen LogP contribution is 2.37. The molecule has 0 atom stereocenters. The lowest BCUT2D eigenvalue weighted by atomic mass is 9.77. The summed E-state index contributed by atoms with van der Waals surface area (Å²) in [5.41, 5.74) is 13.5. The summed E-state index contributed by atoms with van der Waals surface area (Å²) in [5.74, 6) is 0.768. The zero-order valence-corrected chi connectivity index (χ0v) is 16.2. The van der Waals surface area contributed by atoms with E-state index in [2.05, 4.69) is 22.1 Å². The van der Waals surface area contributed by atoms with Crippen molar-refractivity contribution in [1.82, 2.24) is 9.97 Å². The minimum Gasteiger partial charge on any atom is -0.475 e. The Labute approximate surface area is 169 Å². The van der Waals surface area contributed by atoms with Gasteiger partial charge in [0.2, 0.25) is 11.8 Å². The maximum atomic E-state index is 13.0. The van der Waals surface area contributed by atoms with Crippen molar-refractivity contribution >= 4 is 23.3 Å². The van der Waals surface area contributed by atoms with Gasteiger partial charge < -0.3 is 21.1 Å². The number of rotatable bonds is 4. The molecular formula is C21H25N5O3. The highest BCUT2D eigenvalue weighted by atomic mass is 16.5. The van der Waals surface area contributed by atoms with Gasteiger partial charge in [0.1, 0.15) is 24.3 Å². The second kappa shape index (κ2) is 8.06. The molecule has 0 radical (unpaired) electrons. The number of fused-ring (bicyclic) bond motifs is 1. The second-order valence-electron chi connectivity index (χ2n) is 7.72. The van der Waals surface area contributed by atoms with E-state index < -0.39 is 0 Å². The van der Waals surface area contributed by atoms with Gasteiger partial charge in [-0.05, 0) is 55.2 Å². The summed E-state index contributed by atoms with van der Waals surface area (Å²) in [4.78, 5) is 33.7. The number of amides is 2. The maximum Gasteiger partial charge on any atom is 0.267 e. The van der Waals surface area contributed by atoms with Gasteiger partial charge in [0.05, 0.1) is 6.54 Å². The van der Waals surface area contributed by atoms with Crippen LogP contribution < -0.4 is 21.1 Å². The van der Waals surface area contributed by atoms with Crippen LogP contribution in [-0.4, -0.2) is 34.9 Å². The molecule has 152 valence electrons. The van der Waals surface area contributed by atoms with E-state index in [-0.39, 0.29) is 29.1 Å². The van der Waals surface area contributed by atoms with E-state index >= 15 is 0 Å². The van der Waals surface area contributed by atoms with Crippen LogP contribution in [-0.2, 0) is 4.79 Å². The minimum atomic E-state index is -0.254. The van der Waals surface area contributed by atoms with Crippen molar-refractivity contribution in [2.24, 2.45) is 11.7 Å². The SMILES string of the molecule is NC(=O)C[C@H]1CC[C@H](c2ccc(N3CCOc4ncnc(N)c4C3=O)cc2)CC1. The number of ether oxygens (including phenoxy) is 1. The average molecular weight is 395 g/mol. The molecule has 1 aromatic carbocycles. The lowest BCUT2D eigenvalue weighted by Crippen LogP contribution is -2.32. The minimum absolute atomic E-state index is 0.122. The quantitative estimate of drug-likeness (QED) is 0.818. The maximum absolute atomic E-state index is 13.0. The molecule has 0 saturated heterocycles. The van der Waals surface area contributed by atoms with E-state index in [9.17, 15) is 9.59 Å². The molecule has 0 unspecified atom stereocenters. The molecular weight excluding hydrogens is 370 g/mol. The van der Waals surface area contributed by atoms with E-state index in [1.54, 1.807) is 4.90 Å². The van der Waals surface area contributed by atoms with Gasteiger partial charge in [-0.25, -0.2) is 9.97 Å². The molecule has 1 aliphatic heterocycles. The third-order valence-electron chi connectivity index (χ3n) is 5.87. The smallest absolute Gasteiger partial charge is 0.267 e. The van der Waals surface area contributed by atoms with Gasteiger partial charge in [-0.1, -0.05) is 12.1 Å². The number of benzene rings is 1. The zero-order valence-electron chi connectivity index (χ0n) is 16.2. The van der Waals surface area contributed by atoms with E-state index in [1.807, 2.05) is 12.1 Å². The predicted molar refractivity (Wildman–Crippen MR) is 109 cm³/mol. The van der Waals surface area contributed by atoms with Crippen LogP contribution in [0.2, 0.25) is 0 Å². The van der Waals surface area contributed by atoms with E-state index in [1.165, 1.54) is 11.9 Å². The van der Waals surface area contributed by atoms with Crippen LogP contribution in [0.25, 0.3) is 0 Å². The van der Waals surface area contributed by atoms with Crippen molar-refractivity contribution in [2.45, 2.75) is 38.0 Å². The van der Waals surface area contributed by atoms with Gasteiger partial charge in [0.25, 0.3) is 5.91 Å². The molecule has 29 heavy (non-hydrogen) atoms. The van der Waals surface area contributed by atoms with Gasteiger partial charge in [0.15, 0.2) is 0 Å². The Kier molecular flexibility index (Phi) is 5.33. The number of primary amides is 1. The number of hydrogen-bond acceptors (Lipinski definition) is 6. The Hall–Kier alpha value is -3.16. The van der Waals surface area contributed by atoms with Gasteiger partial charge in [-0.15, -0.1) is 0 Å². The highest BCUT2D eigenvalue weighted by Gasteiger charge is 2.29. The molecule has 1 saturated carbocycles. The van der Waals surface area contributed by atoms with E-state index in [0.717, 1.165) is 31.4 Å². The van der Waals surface area contributed by atoms with Crippen molar-refractivity contribution in [3.63, 3.8) is 0 Å². The second-order valence-corrected chi connectivity index (χ2v) is 7.72. The Bertz CT molecular complexity index is 907. The summed E-state index contributed by atoms with van der Waals surface area (Å²) in [6, 6.07) is 8.10. The largest absolute Gasteiger partial charge is 0.475 e. The number of carbonyl (C=O) groups excluding carboxylic acids is 2. The van der Waals surface area contributed by atoms with Crippen LogP contribution >= 0.6 is 0 Å². The van der Waals surface area contributed by atoms with Crippen LogP contribution in [0.1, 0.15) is 53.9 Å². The first kappa shape index (κ1) is 19.2. The predicted octanol–water partition coefficient (Wildman–Crippen LogP) is 2.25. The fourth-order valence-corrected chi connectivity index (χ4v) is 4.32. The number of nitrogen functional groups attached to an aromatic ring is 1. The molecule has 8 nitrogen and oxygen atoms in total. The number of carbonyl (C=O) groups is 2. The summed E-state index contributed by atoms with van der Waals surface area (Å²) in [7, 11) is 0. The van der Waals surface area contributed by atoms with Crippen LogP contribution in [0.15, 0.2) is 30.6 Å². The third-order valence-corrected chi connectivity index (χ3v) is 5.87. The van der Waals surface area contributed by atoms with E-state index in [0.29, 0.717) is 31.4 Å². The molecule has 8 heteroatoms. The molecule has 2 aromatic rings.